The van der Waals surface area contributed by atoms with Crippen LogP contribution in [-0.4, -0.2) is 19.0 Å². The van der Waals surface area contributed by atoms with Gasteiger partial charge < -0.3 is 15.8 Å². The van der Waals surface area contributed by atoms with Crippen molar-refractivity contribution in [2.75, 3.05) is 13.1 Å². The molecule has 0 aromatic heterocycles. The number of primary amides is 1. The van der Waals surface area contributed by atoms with E-state index in [1.54, 1.807) is 12.1 Å². The number of hydrogen-bond donors (Lipinski definition) is 2. The molecule has 0 unspecified atom stereocenters. The summed E-state index contributed by atoms with van der Waals surface area (Å²) >= 11 is 2.29. The van der Waals surface area contributed by atoms with Crippen LogP contribution in [0.2, 0.25) is 0 Å². The van der Waals surface area contributed by atoms with Gasteiger partial charge in [-0.25, -0.2) is 4.39 Å². The van der Waals surface area contributed by atoms with Gasteiger partial charge in [0.1, 0.15) is 18.2 Å². The summed E-state index contributed by atoms with van der Waals surface area (Å²) in [4.78, 5) is 10.7. The lowest BCUT2D eigenvalue weighted by atomic mass is 10.1. The van der Waals surface area contributed by atoms with E-state index in [0.717, 1.165) is 24.3 Å². The molecule has 24 heavy (non-hydrogen) atoms. The molecule has 0 saturated heterocycles. The van der Waals surface area contributed by atoms with Gasteiger partial charge in [-0.2, -0.15) is 0 Å². The zero-order valence-corrected chi connectivity index (χ0v) is 15.4. The van der Waals surface area contributed by atoms with Crippen molar-refractivity contribution in [3.05, 3.63) is 63.0 Å². The first kappa shape index (κ1) is 18.7. The summed E-state index contributed by atoms with van der Waals surface area (Å²) in [5.41, 5.74) is 7.20. The molecule has 0 aliphatic carbocycles. The van der Waals surface area contributed by atoms with Gasteiger partial charge in [-0.1, -0.05) is 12.1 Å². The highest BCUT2D eigenvalue weighted by molar-refractivity contribution is 14.1. The average molecular weight is 442 g/mol. The highest BCUT2D eigenvalue weighted by atomic mass is 127. The van der Waals surface area contributed by atoms with Crippen molar-refractivity contribution in [3.8, 4) is 5.75 Å². The summed E-state index contributed by atoms with van der Waals surface area (Å²) in [6.45, 7) is 1.76. The molecule has 0 spiro atoms. The van der Waals surface area contributed by atoms with Crippen molar-refractivity contribution >= 4 is 28.5 Å². The normalized spacial score (nSPS) is 10.6. The summed E-state index contributed by atoms with van der Waals surface area (Å²) in [6.07, 6.45) is 1.18. The third kappa shape index (κ3) is 6.45. The van der Waals surface area contributed by atoms with Gasteiger partial charge in [-0.05, 0) is 77.0 Å². The Morgan fingerprint density at radius 1 is 1.17 bits per heavy atom. The number of rotatable bonds is 9. The number of carbonyl (C=O) groups excluding carboxylic acids is 1. The summed E-state index contributed by atoms with van der Waals surface area (Å²) in [7, 11) is 0. The van der Waals surface area contributed by atoms with Crippen LogP contribution in [0.25, 0.3) is 0 Å². The Morgan fingerprint density at radius 3 is 2.62 bits per heavy atom. The van der Waals surface area contributed by atoms with Gasteiger partial charge in [0.2, 0.25) is 5.91 Å². The first-order valence-corrected chi connectivity index (χ1v) is 8.77. The molecule has 2 aromatic rings. The van der Waals surface area contributed by atoms with Crippen LogP contribution in [0.4, 0.5) is 4.39 Å². The Morgan fingerprint density at radius 2 is 1.92 bits per heavy atom. The zero-order chi connectivity index (χ0) is 17.4. The third-order valence-corrected chi connectivity index (χ3v) is 4.51. The molecule has 1 amide bonds. The van der Waals surface area contributed by atoms with E-state index in [1.165, 1.54) is 21.3 Å². The minimum Gasteiger partial charge on any atom is -0.489 e. The number of hydrogen-bond acceptors (Lipinski definition) is 3. The van der Waals surface area contributed by atoms with Gasteiger partial charge in [0, 0.05) is 16.5 Å². The molecule has 128 valence electrons. The predicted molar refractivity (Wildman–Crippen MR) is 100 cm³/mol. The van der Waals surface area contributed by atoms with E-state index < -0.39 is 0 Å². The van der Waals surface area contributed by atoms with Gasteiger partial charge in [0.25, 0.3) is 0 Å². The Balaban J connectivity index is 1.85. The zero-order valence-electron chi connectivity index (χ0n) is 13.2. The molecule has 0 aliphatic rings. The minimum atomic E-state index is -0.298. The molecule has 0 heterocycles. The molecule has 2 aromatic carbocycles. The molecule has 3 N–H and O–H groups in total. The van der Waals surface area contributed by atoms with E-state index in [0.29, 0.717) is 19.6 Å². The van der Waals surface area contributed by atoms with Crippen LogP contribution in [0.15, 0.2) is 42.5 Å². The first-order chi connectivity index (χ1) is 11.5. The number of ether oxygens (including phenoxy) is 1. The fourth-order valence-corrected chi connectivity index (χ4v) is 2.74. The summed E-state index contributed by atoms with van der Waals surface area (Å²) < 4.78 is 19.8. The van der Waals surface area contributed by atoms with Gasteiger partial charge in [-0.3, -0.25) is 4.79 Å². The molecule has 2 rings (SSSR count). The average Bonchev–Trinajstić information content (AvgIpc) is 2.56. The van der Waals surface area contributed by atoms with Crippen LogP contribution in [0.3, 0.4) is 0 Å². The fourth-order valence-electron chi connectivity index (χ4n) is 2.14. The SMILES string of the molecule is NC(=O)CCNCCc1cc(OCc2ccc(F)cc2)ccc1I. The van der Waals surface area contributed by atoms with E-state index in [1.807, 2.05) is 18.2 Å². The lowest BCUT2D eigenvalue weighted by Gasteiger charge is -2.10. The number of halogens is 2. The van der Waals surface area contributed by atoms with Gasteiger partial charge >= 0.3 is 0 Å². The van der Waals surface area contributed by atoms with E-state index in [-0.39, 0.29) is 11.7 Å². The molecule has 6 heteroatoms. The van der Waals surface area contributed by atoms with Crippen LogP contribution in [-0.2, 0) is 17.8 Å². The van der Waals surface area contributed by atoms with Crippen LogP contribution >= 0.6 is 22.6 Å². The van der Waals surface area contributed by atoms with E-state index in [2.05, 4.69) is 27.9 Å². The third-order valence-electron chi connectivity index (χ3n) is 3.46. The Bertz CT molecular complexity index is 677. The fraction of sp³-hybridized carbons (Fsp3) is 0.278. The number of amides is 1. The smallest absolute Gasteiger partial charge is 0.218 e. The van der Waals surface area contributed by atoms with Crippen molar-refractivity contribution < 1.29 is 13.9 Å². The van der Waals surface area contributed by atoms with Crippen LogP contribution < -0.4 is 15.8 Å². The summed E-state index contributed by atoms with van der Waals surface area (Å²) in [5, 5.41) is 3.19. The molecule has 0 bridgehead atoms. The lowest BCUT2D eigenvalue weighted by molar-refractivity contribution is -0.117. The summed E-state index contributed by atoms with van der Waals surface area (Å²) in [6, 6.07) is 12.2. The van der Waals surface area contributed by atoms with Crippen LogP contribution in [0.5, 0.6) is 5.75 Å². The van der Waals surface area contributed by atoms with Crippen LogP contribution in [0, 0.1) is 9.39 Å². The number of nitrogens with two attached hydrogens (primary N) is 1. The quantitative estimate of drug-likeness (QED) is 0.464. The standard InChI is InChI=1S/C18H20FIN2O2/c19-15-3-1-13(2-4-15)12-24-16-5-6-17(20)14(11-16)7-9-22-10-8-18(21)23/h1-6,11,22H,7-10,12H2,(H2,21,23). The molecule has 0 aliphatic heterocycles. The topological polar surface area (TPSA) is 64.4 Å². The van der Waals surface area contributed by atoms with Crippen molar-refractivity contribution in [3.63, 3.8) is 0 Å². The minimum absolute atomic E-state index is 0.251. The van der Waals surface area contributed by atoms with Gasteiger partial charge in [0.05, 0.1) is 0 Å². The van der Waals surface area contributed by atoms with Gasteiger partial charge in [-0.15, -0.1) is 0 Å². The Hall–Kier alpha value is -1.67. The monoisotopic (exact) mass is 442 g/mol. The molecular weight excluding hydrogens is 422 g/mol. The molecule has 4 nitrogen and oxygen atoms in total. The van der Waals surface area contributed by atoms with Gasteiger partial charge in [0.15, 0.2) is 0 Å². The lowest BCUT2D eigenvalue weighted by Crippen LogP contribution is -2.23. The van der Waals surface area contributed by atoms with Crippen molar-refractivity contribution in [2.45, 2.75) is 19.4 Å². The second-order valence-electron chi connectivity index (χ2n) is 5.38. The summed E-state index contributed by atoms with van der Waals surface area (Å²) in [5.74, 6) is 0.235. The predicted octanol–water partition coefficient (Wildman–Crippen LogP) is 3.02. The van der Waals surface area contributed by atoms with Crippen molar-refractivity contribution in [1.82, 2.24) is 5.32 Å². The van der Waals surface area contributed by atoms with E-state index >= 15 is 0 Å². The molecule has 0 atom stereocenters. The van der Waals surface area contributed by atoms with Crippen molar-refractivity contribution in [1.29, 1.82) is 0 Å². The molecule has 0 saturated carbocycles. The van der Waals surface area contributed by atoms with E-state index in [4.69, 9.17) is 10.5 Å². The number of benzene rings is 2. The van der Waals surface area contributed by atoms with Crippen molar-refractivity contribution in [2.24, 2.45) is 5.73 Å². The highest BCUT2D eigenvalue weighted by Crippen LogP contribution is 2.21. The maximum atomic E-state index is 12.9. The molecular formula is C18H20FIN2O2. The maximum Gasteiger partial charge on any atom is 0.218 e. The highest BCUT2D eigenvalue weighted by Gasteiger charge is 2.04. The van der Waals surface area contributed by atoms with Crippen LogP contribution in [0.1, 0.15) is 17.5 Å². The second kappa shape index (κ2) is 9.58. The largest absolute Gasteiger partial charge is 0.489 e. The first-order valence-electron chi connectivity index (χ1n) is 7.69. The molecule has 0 radical (unpaired) electrons. The Kier molecular flexibility index (Phi) is 7.45. The van der Waals surface area contributed by atoms with E-state index in [9.17, 15) is 9.18 Å². The molecule has 0 fully saturated rings. The Labute approximate surface area is 154 Å². The number of nitrogens with one attached hydrogen (secondary N) is 1. The maximum absolute atomic E-state index is 12.9. The second-order valence-corrected chi connectivity index (χ2v) is 6.55. The number of carbonyl (C=O) groups is 1.